The van der Waals surface area contributed by atoms with E-state index in [0.29, 0.717) is 35.2 Å². The fraction of sp³-hybridized carbons (Fsp3) is 0.333. The maximum atomic E-state index is 13.4. The van der Waals surface area contributed by atoms with E-state index in [1.165, 1.54) is 13.2 Å². The number of benzene rings is 2. The van der Waals surface area contributed by atoms with Crippen LogP contribution < -0.4 is 10.1 Å². The Hall–Kier alpha value is -3.54. The number of hydrogen-bond acceptors (Lipinski definition) is 6. The summed E-state index contributed by atoms with van der Waals surface area (Å²) in [6, 6.07) is 14.4. The van der Waals surface area contributed by atoms with Crippen LogP contribution in [-0.2, 0) is 20.9 Å². The first-order chi connectivity index (χ1) is 15.7. The van der Waals surface area contributed by atoms with Crippen LogP contribution in [0.1, 0.15) is 50.7 Å². The van der Waals surface area contributed by atoms with Crippen molar-refractivity contribution in [1.82, 2.24) is 5.32 Å². The fourth-order valence-corrected chi connectivity index (χ4v) is 4.71. The average Bonchev–Trinajstić information content (AvgIpc) is 2.76. The molecule has 2 aromatic rings. The van der Waals surface area contributed by atoms with Gasteiger partial charge in [-0.2, -0.15) is 0 Å². The van der Waals surface area contributed by atoms with Gasteiger partial charge in [-0.05, 0) is 42.0 Å². The summed E-state index contributed by atoms with van der Waals surface area (Å²) in [6.07, 6.45) is 1.09. The first kappa shape index (κ1) is 22.6. The van der Waals surface area contributed by atoms with Crippen LogP contribution in [0.5, 0.6) is 11.5 Å². The number of ether oxygens (including phenoxy) is 2. The second kappa shape index (κ2) is 8.77. The van der Waals surface area contributed by atoms with Crippen molar-refractivity contribution in [3.8, 4) is 11.5 Å². The predicted molar refractivity (Wildman–Crippen MR) is 125 cm³/mol. The molecule has 6 nitrogen and oxygen atoms in total. The van der Waals surface area contributed by atoms with Gasteiger partial charge in [-0.3, -0.25) is 4.79 Å². The number of phenolic OH excluding ortho intramolecular Hbond substituents is 1. The molecule has 1 aliphatic carbocycles. The van der Waals surface area contributed by atoms with E-state index >= 15 is 0 Å². The van der Waals surface area contributed by atoms with Crippen molar-refractivity contribution < 1.29 is 24.2 Å². The second-order valence-electron chi connectivity index (χ2n) is 9.42. The topological polar surface area (TPSA) is 84.9 Å². The summed E-state index contributed by atoms with van der Waals surface area (Å²) < 4.78 is 11.0. The van der Waals surface area contributed by atoms with Crippen molar-refractivity contribution in [1.29, 1.82) is 0 Å². The Morgan fingerprint density at radius 3 is 2.58 bits per heavy atom. The molecule has 0 fully saturated rings. The average molecular weight is 448 g/mol. The van der Waals surface area contributed by atoms with E-state index in [1.54, 1.807) is 12.1 Å². The van der Waals surface area contributed by atoms with E-state index in [-0.39, 0.29) is 29.3 Å². The van der Waals surface area contributed by atoms with Gasteiger partial charge in [-0.15, -0.1) is 0 Å². The number of rotatable bonds is 5. The third-order valence-corrected chi connectivity index (χ3v) is 6.21. The van der Waals surface area contributed by atoms with Crippen LogP contribution in [0.4, 0.5) is 0 Å². The third kappa shape index (κ3) is 4.51. The van der Waals surface area contributed by atoms with Gasteiger partial charge in [0.2, 0.25) is 0 Å². The van der Waals surface area contributed by atoms with Gasteiger partial charge in [-0.1, -0.05) is 50.2 Å². The number of carbonyl (C=O) groups is 2. The van der Waals surface area contributed by atoms with Crippen LogP contribution in [0.25, 0.3) is 0 Å². The third-order valence-electron chi connectivity index (χ3n) is 6.21. The summed E-state index contributed by atoms with van der Waals surface area (Å²) >= 11 is 0. The highest BCUT2D eigenvalue weighted by molar-refractivity contribution is 6.04. The Morgan fingerprint density at radius 2 is 1.88 bits per heavy atom. The van der Waals surface area contributed by atoms with Gasteiger partial charge >= 0.3 is 5.97 Å². The van der Waals surface area contributed by atoms with Gasteiger partial charge in [0.1, 0.15) is 6.61 Å². The van der Waals surface area contributed by atoms with Crippen LogP contribution in [0.3, 0.4) is 0 Å². The van der Waals surface area contributed by atoms with Gasteiger partial charge < -0.3 is 19.9 Å². The number of Topliss-reactive ketones (excluding diaryl/α,β-unsaturated/α-hetero) is 1. The molecule has 0 aromatic heterocycles. The van der Waals surface area contributed by atoms with E-state index in [1.807, 2.05) is 37.3 Å². The van der Waals surface area contributed by atoms with Crippen LogP contribution >= 0.6 is 0 Å². The number of phenols is 1. The number of esters is 1. The van der Waals surface area contributed by atoms with Crippen molar-refractivity contribution in [2.45, 2.75) is 46.1 Å². The molecule has 4 rings (SSSR count). The van der Waals surface area contributed by atoms with Crippen molar-refractivity contribution in [2.24, 2.45) is 5.41 Å². The molecule has 0 saturated carbocycles. The number of dihydropyridines is 1. The van der Waals surface area contributed by atoms with Crippen LogP contribution in [0, 0.1) is 5.41 Å². The monoisotopic (exact) mass is 447 g/mol. The normalized spacial score (nSPS) is 19.6. The Morgan fingerprint density at radius 1 is 1.15 bits per heavy atom. The molecule has 1 heterocycles. The summed E-state index contributed by atoms with van der Waals surface area (Å²) in [5.41, 5.74) is 3.87. The number of carbonyl (C=O) groups excluding carboxylic acids is 2. The lowest BCUT2D eigenvalue weighted by atomic mass is 9.68. The second-order valence-corrected chi connectivity index (χ2v) is 9.42. The highest BCUT2D eigenvalue weighted by atomic mass is 16.5. The fourth-order valence-electron chi connectivity index (χ4n) is 4.71. The van der Waals surface area contributed by atoms with E-state index in [4.69, 9.17) is 9.47 Å². The van der Waals surface area contributed by atoms with Crippen molar-refractivity contribution in [2.75, 3.05) is 7.11 Å². The van der Waals surface area contributed by atoms with E-state index in [9.17, 15) is 14.7 Å². The number of allylic oxidation sites excluding steroid dienone is 3. The number of ketones is 1. The first-order valence-corrected chi connectivity index (χ1v) is 11.0. The Bertz CT molecular complexity index is 1160. The Labute approximate surface area is 193 Å². The van der Waals surface area contributed by atoms with E-state index in [0.717, 1.165) is 11.3 Å². The van der Waals surface area contributed by atoms with Gasteiger partial charge in [0, 0.05) is 29.3 Å². The zero-order valence-corrected chi connectivity index (χ0v) is 19.4. The molecular weight excluding hydrogens is 418 g/mol. The van der Waals surface area contributed by atoms with Crippen LogP contribution in [-0.4, -0.2) is 24.0 Å². The Balaban J connectivity index is 1.77. The van der Waals surface area contributed by atoms with E-state index < -0.39 is 11.9 Å². The van der Waals surface area contributed by atoms with Gasteiger partial charge in [-0.25, -0.2) is 4.79 Å². The van der Waals surface area contributed by atoms with Crippen LogP contribution in [0.15, 0.2) is 71.1 Å². The number of aromatic hydroxyl groups is 1. The quantitative estimate of drug-likeness (QED) is 0.644. The van der Waals surface area contributed by atoms with Crippen molar-refractivity contribution >= 4 is 11.8 Å². The molecule has 2 aliphatic rings. The molecule has 2 aromatic carbocycles. The molecule has 1 unspecified atom stereocenters. The standard InChI is InChI=1S/C27H29NO5/c1-16-23(26(31)33-15-17-8-6-5-7-9-17)24(18-10-11-20(29)22(12-18)32-4)25-19(28-16)13-27(2,3)14-21(25)30/h5-12,24,28-29H,13-15H2,1-4H3. The molecule has 0 radical (unpaired) electrons. The lowest BCUT2D eigenvalue weighted by molar-refractivity contribution is -0.140. The summed E-state index contributed by atoms with van der Waals surface area (Å²) in [6.45, 7) is 6.10. The SMILES string of the molecule is COc1cc(C2C(C(=O)OCc3ccccc3)=C(C)NC3=C2C(=O)CC(C)(C)C3)ccc1O. The summed E-state index contributed by atoms with van der Waals surface area (Å²) in [7, 11) is 1.47. The minimum absolute atomic E-state index is 0.00519. The highest BCUT2D eigenvalue weighted by Gasteiger charge is 2.43. The lowest BCUT2D eigenvalue weighted by Crippen LogP contribution is -2.38. The molecule has 0 amide bonds. The lowest BCUT2D eigenvalue weighted by Gasteiger charge is -2.39. The molecule has 1 atom stereocenters. The number of methoxy groups -OCH3 is 1. The largest absolute Gasteiger partial charge is 0.504 e. The summed E-state index contributed by atoms with van der Waals surface area (Å²) in [5.74, 6) is -0.805. The smallest absolute Gasteiger partial charge is 0.337 e. The summed E-state index contributed by atoms with van der Waals surface area (Å²) in [4.78, 5) is 26.7. The van der Waals surface area contributed by atoms with Crippen LogP contribution in [0.2, 0.25) is 0 Å². The van der Waals surface area contributed by atoms with E-state index in [2.05, 4.69) is 19.2 Å². The van der Waals surface area contributed by atoms with Gasteiger partial charge in [0.25, 0.3) is 0 Å². The molecule has 33 heavy (non-hydrogen) atoms. The molecule has 0 bridgehead atoms. The molecular formula is C27H29NO5. The maximum absolute atomic E-state index is 13.4. The number of nitrogens with one attached hydrogen (secondary N) is 1. The molecule has 1 aliphatic heterocycles. The highest BCUT2D eigenvalue weighted by Crippen LogP contribution is 2.47. The summed E-state index contributed by atoms with van der Waals surface area (Å²) in [5, 5.41) is 13.4. The zero-order valence-electron chi connectivity index (χ0n) is 19.4. The minimum atomic E-state index is -0.609. The minimum Gasteiger partial charge on any atom is -0.504 e. The molecule has 0 spiro atoms. The molecule has 0 saturated heterocycles. The predicted octanol–water partition coefficient (Wildman–Crippen LogP) is 4.75. The van der Waals surface area contributed by atoms with Gasteiger partial charge in [0.15, 0.2) is 17.3 Å². The number of hydrogen-bond donors (Lipinski definition) is 2. The zero-order chi connectivity index (χ0) is 23.8. The molecule has 172 valence electrons. The molecule has 2 N–H and O–H groups in total. The van der Waals surface area contributed by atoms with Crippen molar-refractivity contribution in [3.63, 3.8) is 0 Å². The van der Waals surface area contributed by atoms with Crippen molar-refractivity contribution in [3.05, 3.63) is 82.2 Å². The molecule has 6 heteroatoms. The first-order valence-electron chi connectivity index (χ1n) is 11.0. The maximum Gasteiger partial charge on any atom is 0.337 e. The Kier molecular flexibility index (Phi) is 6.02. The van der Waals surface area contributed by atoms with Gasteiger partial charge in [0.05, 0.1) is 12.7 Å².